The van der Waals surface area contributed by atoms with Crippen LogP contribution < -0.4 is 0 Å². The van der Waals surface area contributed by atoms with Gasteiger partial charge in [-0.25, -0.2) is 4.98 Å². The number of benzene rings is 8. The number of pyridine rings is 1. The Bertz CT molecular complexity index is 3410. The molecule has 1 aliphatic carbocycles. The van der Waals surface area contributed by atoms with Gasteiger partial charge in [0.2, 0.25) is 0 Å². The van der Waals surface area contributed by atoms with Gasteiger partial charge in [0.15, 0.2) is 0 Å². The van der Waals surface area contributed by atoms with Gasteiger partial charge < -0.3 is 0 Å². The molecule has 0 bridgehead atoms. The minimum Gasteiger partial charge on any atom is -0.294 e. The topological polar surface area (TPSA) is 17.8 Å². The lowest BCUT2D eigenvalue weighted by Gasteiger charge is -2.30. The first-order valence-electron chi connectivity index (χ1n) is 19.5. The van der Waals surface area contributed by atoms with Gasteiger partial charge >= 0.3 is 0 Å². The summed E-state index contributed by atoms with van der Waals surface area (Å²) < 4.78 is 5.06. The molecule has 1 aliphatic rings. The van der Waals surface area contributed by atoms with E-state index in [9.17, 15) is 0 Å². The molecule has 260 valence electrons. The molecule has 55 heavy (non-hydrogen) atoms. The van der Waals surface area contributed by atoms with Crippen molar-refractivity contribution in [3.63, 3.8) is 0 Å². The summed E-state index contributed by atoms with van der Waals surface area (Å²) in [6.07, 6.45) is 4.02. The summed E-state index contributed by atoms with van der Waals surface area (Å²) in [7, 11) is 0. The largest absolute Gasteiger partial charge is 0.294 e. The van der Waals surface area contributed by atoms with E-state index >= 15 is 0 Å². The molecule has 0 aliphatic heterocycles. The molecule has 0 amide bonds. The van der Waals surface area contributed by atoms with E-state index in [-0.39, 0.29) is 5.41 Å². The van der Waals surface area contributed by atoms with Crippen molar-refractivity contribution in [1.29, 1.82) is 0 Å². The fraction of sp³-hybridized carbons (Fsp3) is 0.0962. The van der Waals surface area contributed by atoms with Gasteiger partial charge in [0.25, 0.3) is 0 Å². The molecule has 3 heteroatoms. The standard InChI is InChI=1S/C52H36N2S/c1-3-52(4-2)44-25-26-46-49(48(44)43-29-41-36-18-7-5-16-34(36)35-17-6-8-19-37(35)42(41)30-45(43)52)40-23-13-27-53-51(40)54(46)32-15-11-14-31(28-32)33-21-12-22-39-38-20-9-10-24-47(38)55-50(33)39/h5-30H,3-4H2,1-2H3. The Kier molecular flexibility index (Phi) is 6.43. The SMILES string of the molecule is CCC1(CC)c2cc3c4ccccc4c4ccccc4c3cc2-c2c1ccc1c2c2cccnc2n1-c1cccc(-c2cccc3c2sc2ccccc23)c1. The van der Waals surface area contributed by atoms with Gasteiger partial charge in [0, 0.05) is 48.2 Å². The molecule has 3 aromatic heterocycles. The quantitative estimate of drug-likeness (QED) is 0.166. The lowest BCUT2D eigenvalue weighted by molar-refractivity contribution is 0.491. The first-order chi connectivity index (χ1) is 27.2. The van der Waals surface area contributed by atoms with Crippen molar-refractivity contribution in [2.75, 3.05) is 0 Å². The third-order valence-corrected chi connectivity index (χ3v) is 14.1. The molecule has 0 N–H and O–H groups in total. The Morgan fingerprint density at radius 1 is 0.527 bits per heavy atom. The molecule has 12 rings (SSSR count). The smallest absolute Gasteiger partial charge is 0.145 e. The summed E-state index contributed by atoms with van der Waals surface area (Å²) in [4.78, 5) is 5.12. The van der Waals surface area contributed by atoms with Crippen LogP contribution in [-0.2, 0) is 5.41 Å². The normalized spacial score (nSPS) is 13.6. The second-order valence-corrected chi connectivity index (χ2v) is 16.3. The fourth-order valence-corrected chi connectivity index (χ4v) is 11.6. The maximum absolute atomic E-state index is 5.12. The second-order valence-electron chi connectivity index (χ2n) is 15.2. The summed E-state index contributed by atoms with van der Waals surface area (Å²) in [5, 5.41) is 13.1. The fourth-order valence-electron chi connectivity index (χ4n) is 10.4. The van der Waals surface area contributed by atoms with Gasteiger partial charge in [-0.3, -0.25) is 4.57 Å². The monoisotopic (exact) mass is 720 g/mol. The molecule has 0 radical (unpaired) electrons. The van der Waals surface area contributed by atoms with Crippen LogP contribution in [0.1, 0.15) is 37.8 Å². The lowest BCUT2D eigenvalue weighted by Crippen LogP contribution is -2.23. The molecule has 2 nitrogen and oxygen atoms in total. The van der Waals surface area contributed by atoms with E-state index in [0.717, 1.165) is 24.2 Å². The number of fused-ring (bicyclic) bond motifs is 16. The van der Waals surface area contributed by atoms with Crippen molar-refractivity contribution in [3.05, 3.63) is 169 Å². The molecule has 0 saturated heterocycles. The Hall–Kier alpha value is -6.29. The highest BCUT2D eigenvalue weighted by atomic mass is 32.1. The highest BCUT2D eigenvalue weighted by Gasteiger charge is 2.42. The van der Waals surface area contributed by atoms with Crippen LogP contribution in [0.5, 0.6) is 0 Å². The number of hydrogen-bond donors (Lipinski definition) is 0. The average molecular weight is 721 g/mol. The zero-order chi connectivity index (χ0) is 36.4. The van der Waals surface area contributed by atoms with Crippen molar-refractivity contribution in [1.82, 2.24) is 9.55 Å². The van der Waals surface area contributed by atoms with Gasteiger partial charge in [0.05, 0.1) is 5.52 Å². The highest BCUT2D eigenvalue weighted by molar-refractivity contribution is 7.26. The van der Waals surface area contributed by atoms with E-state index in [0.29, 0.717) is 0 Å². The maximum Gasteiger partial charge on any atom is 0.145 e. The molecule has 0 spiro atoms. The van der Waals surface area contributed by atoms with Crippen molar-refractivity contribution >= 4 is 85.8 Å². The van der Waals surface area contributed by atoms with Crippen LogP contribution in [0.3, 0.4) is 0 Å². The first kappa shape index (κ1) is 31.1. The van der Waals surface area contributed by atoms with Gasteiger partial charge in [-0.1, -0.05) is 117 Å². The van der Waals surface area contributed by atoms with Crippen LogP contribution in [0.4, 0.5) is 0 Å². The number of rotatable bonds is 4. The van der Waals surface area contributed by atoms with Gasteiger partial charge in [-0.2, -0.15) is 0 Å². The Labute approximate surface area is 322 Å². The summed E-state index contributed by atoms with van der Waals surface area (Å²) >= 11 is 1.89. The lowest BCUT2D eigenvalue weighted by atomic mass is 9.73. The van der Waals surface area contributed by atoms with E-state index in [2.05, 4.69) is 170 Å². The van der Waals surface area contributed by atoms with Gasteiger partial charge in [-0.05, 0) is 127 Å². The Morgan fingerprint density at radius 3 is 1.95 bits per heavy atom. The summed E-state index contributed by atoms with van der Waals surface area (Å²) in [5.41, 5.74) is 11.4. The Morgan fingerprint density at radius 2 is 1.18 bits per heavy atom. The second kappa shape index (κ2) is 11.4. The zero-order valence-corrected chi connectivity index (χ0v) is 31.5. The van der Waals surface area contributed by atoms with E-state index in [4.69, 9.17) is 4.98 Å². The summed E-state index contributed by atoms with van der Waals surface area (Å²) in [6.45, 7) is 4.76. The van der Waals surface area contributed by atoms with Crippen LogP contribution in [0, 0.1) is 0 Å². The number of thiophene rings is 1. The molecule has 0 atom stereocenters. The zero-order valence-electron chi connectivity index (χ0n) is 30.7. The summed E-state index contributed by atoms with van der Waals surface area (Å²) in [6, 6.07) is 56.8. The van der Waals surface area contributed by atoms with Gasteiger partial charge in [-0.15, -0.1) is 11.3 Å². The summed E-state index contributed by atoms with van der Waals surface area (Å²) in [5.74, 6) is 0. The molecule has 0 fully saturated rings. The average Bonchev–Trinajstić information content (AvgIpc) is 3.89. The number of nitrogens with zero attached hydrogens (tertiary/aromatic N) is 2. The third-order valence-electron chi connectivity index (χ3n) is 12.9. The minimum absolute atomic E-state index is 0.0841. The molecule has 0 saturated carbocycles. The third kappa shape index (κ3) is 4.06. The molecular formula is C52H36N2S. The highest BCUT2D eigenvalue weighted by Crippen LogP contribution is 2.57. The van der Waals surface area contributed by atoms with Crippen molar-refractivity contribution in [2.24, 2.45) is 0 Å². The van der Waals surface area contributed by atoms with Crippen LogP contribution in [0.2, 0.25) is 0 Å². The van der Waals surface area contributed by atoms with Crippen LogP contribution in [0.25, 0.3) is 102 Å². The van der Waals surface area contributed by atoms with Crippen LogP contribution >= 0.6 is 11.3 Å². The molecule has 8 aromatic carbocycles. The molecule has 0 unspecified atom stereocenters. The van der Waals surface area contributed by atoms with E-state index in [1.807, 2.05) is 17.5 Å². The van der Waals surface area contributed by atoms with E-state index < -0.39 is 0 Å². The van der Waals surface area contributed by atoms with Crippen LogP contribution in [0.15, 0.2) is 158 Å². The van der Waals surface area contributed by atoms with Gasteiger partial charge in [0.1, 0.15) is 5.65 Å². The van der Waals surface area contributed by atoms with Crippen LogP contribution in [-0.4, -0.2) is 9.55 Å². The molecule has 11 aromatic rings. The first-order valence-corrected chi connectivity index (χ1v) is 20.3. The maximum atomic E-state index is 5.12. The number of aromatic nitrogens is 2. The van der Waals surface area contributed by atoms with E-state index in [1.54, 1.807) is 0 Å². The molecule has 3 heterocycles. The number of hydrogen-bond acceptors (Lipinski definition) is 2. The minimum atomic E-state index is -0.0841. The van der Waals surface area contributed by atoms with Crippen molar-refractivity contribution < 1.29 is 0 Å². The van der Waals surface area contributed by atoms with Crippen molar-refractivity contribution in [3.8, 4) is 27.9 Å². The van der Waals surface area contributed by atoms with E-state index in [1.165, 1.54) is 102 Å². The predicted molar refractivity (Wildman–Crippen MR) is 236 cm³/mol. The molecular weight excluding hydrogens is 685 g/mol. The Balaban J connectivity index is 1.16. The predicted octanol–water partition coefficient (Wildman–Crippen LogP) is 14.8. The van der Waals surface area contributed by atoms with Crippen molar-refractivity contribution in [2.45, 2.75) is 32.1 Å².